The highest BCUT2D eigenvalue weighted by molar-refractivity contribution is 6.31. The second kappa shape index (κ2) is 7.90. The molecular formula is C15H15Cl2NO2. The number of halogens is 2. The number of carboxylic acid groups (broad SMARTS) is 1. The number of nitrogens with one attached hydrogen (secondary N) is 1. The van der Waals surface area contributed by atoms with Crippen LogP contribution in [0.3, 0.4) is 0 Å². The third-order valence-corrected chi connectivity index (χ3v) is 3.21. The molecule has 0 fully saturated rings. The first-order chi connectivity index (χ1) is 9.18. The molecule has 2 N–H and O–H groups in total. The monoisotopic (exact) mass is 311 g/mol. The van der Waals surface area contributed by atoms with Gasteiger partial charge in [0.05, 0.1) is 5.56 Å². The molecule has 0 aliphatic heterocycles. The smallest absolute Gasteiger partial charge is 0.336 e. The summed E-state index contributed by atoms with van der Waals surface area (Å²) < 4.78 is 0. The van der Waals surface area contributed by atoms with Crippen molar-refractivity contribution in [2.24, 2.45) is 0 Å². The third-order valence-electron chi connectivity index (χ3n) is 2.84. The Balaban J connectivity index is 0.00000200. The van der Waals surface area contributed by atoms with Crippen LogP contribution in [-0.2, 0) is 13.1 Å². The van der Waals surface area contributed by atoms with Gasteiger partial charge in [-0.25, -0.2) is 4.79 Å². The molecule has 2 aromatic carbocycles. The Morgan fingerprint density at radius 1 is 1.00 bits per heavy atom. The lowest BCUT2D eigenvalue weighted by atomic mass is 10.1. The van der Waals surface area contributed by atoms with E-state index in [1.165, 1.54) is 0 Å². The fourth-order valence-electron chi connectivity index (χ4n) is 1.86. The lowest BCUT2D eigenvalue weighted by molar-refractivity contribution is 0.0695. The molecule has 2 rings (SSSR count). The van der Waals surface area contributed by atoms with Crippen LogP contribution in [0.15, 0.2) is 48.5 Å². The standard InChI is InChI=1S/C15H14ClNO2.ClH/c16-14-8-4-2-6-12(14)10-17-9-11-5-1-3-7-13(11)15(18)19;/h1-8,17H,9-10H2,(H,18,19);1H. The van der Waals surface area contributed by atoms with E-state index in [-0.39, 0.29) is 12.4 Å². The molecule has 0 amide bonds. The van der Waals surface area contributed by atoms with E-state index in [1.807, 2.05) is 36.4 Å². The van der Waals surface area contributed by atoms with Gasteiger partial charge in [-0.2, -0.15) is 0 Å². The number of carbonyl (C=O) groups is 1. The highest BCUT2D eigenvalue weighted by Gasteiger charge is 2.08. The summed E-state index contributed by atoms with van der Waals surface area (Å²) in [6.45, 7) is 1.10. The Labute approximate surface area is 129 Å². The molecule has 3 nitrogen and oxygen atoms in total. The molecule has 0 radical (unpaired) electrons. The van der Waals surface area contributed by atoms with Gasteiger partial charge in [0.2, 0.25) is 0 Å². The van der Waals surface area contributed by atoms with Crippen molar-refractivity contribution in [1.29, 1.82) is 0 Å². The quantitative estimate of drug-likeness (QED) is 0.884. The summed E-state index contributed by atoms with van der Waals surface area (Å²) in [7, 11) is 0. The van der Waals surface area contributed by atoms with Crippen LogP contribution in [0.4, 0.5) is 0 Å². The van der Waals surface area contributed by atoms with Gasteiger partial charge in [0.25, 0.3) is 0 Å². The van der Waals surface area contributed by atoms with Gasteiger partial charge in [0.1, 0.15) is 0 Å². The fraction of sp³-hybridized carbons (Fsp3) is 0.133. The van der Waals surface area contributed by atoms with Gasteiger partial charge in [-0.15, -0.1) is 12.4 Å². The van der Waals surface area contributed by atoms with Crippen LogP contribution in [0, 0.1) is 0 Å². The van der Waals surface area contributed by atoms with Crippen molar-refractivity contribution in [2.75, 3.05) is 0 Å². The second-order valence-corrected chi connectivity index (χ2v) is 4.56. The SMILES string of the molecule is Cl.O=C(O)c1ccccc1CNCc1ccccc1Cl. The molecule has 0 heterocycles. The molecule has 0 unspecified atom stereocenters. The van der Waals surface area contributed by atoms with Crippen molar-refractivity contribution in [3.63, 3.8) is 0 Å². The molecule has 0 bridgehead atoms. The van der Waals surface area contributed by atoms with Gasteiger partial charge >= 0.3 is 5.97 Å². The third kappa shape index (κ3) is 4.23. The zero-order valence-electron chi connectivity index (χ0n) is 10.7. The van der Waals surface area contributed by atoms with Crippen molar-refractivity contribution < 1.29 is 9.90 Å². The summed E-state index contributed by atoms with van der Waals surface area (Å²) in [5.41, 5.74) is 2.09. The molecule has 0 saturated carbocycles. The molecule has 0 saturated heterocycles. The first-order valence-electron chi connectivity index (χ1n) is 5.94. The first kappa shape index (κ1) is 16.5. The Morgan fingerprint density at radius 3 is 2.20 bits per heavy atom. The molecule has 0 aliphatic carbocycles. The van der Waals surface area contributed by atoms with E-state index in [4.69, 9.17) is 16.7 Å². The van der Waals surface area contributed by atoms with Crippen molar-refractivity contribution >= 4 is 30.0 Å². The minimum Gasteiger partial charge on any atom is -0.478 e. The molecule has 0 atom stereocenters. The number of aromatic carboxylic acids is 1. The molecule has 106 valence electrons. The van der Waals surface area contributed by atoms with Crippen LogP contribution in [0.5, 0.6) is 0 Å². The van der Waals surface area contributed by atoms with Crippen LogP contribution in [-0.4, -0.2) is 11.1 Å². The molecule has 2 aromatic rings. The minimum atomic E-state index is -0.907. The van der Waals surface area contributed by atoms with E-state index in [9.17, 15) is 4.79 Å². The molecule has 20 heavy (non-hydrogen) atoms. The normalized spacial score (nSPS) is 9.85. The van der Waals surface area contributed by atoms with Gasteiger partial charge < -0.3 is 10.4 Å². The van der Waals surface area contributed by atoms with E-state index in [1.54, 1.807) is 12.1 Å². The maximum Gasteiger partial charge on any atom is 0.336 e. The number of hydrogen-bond acceptors (Lipinski definition) is 2. The highest BCUT2D eigenvalue weighted by atomic mass is 35.5. The summed E-state index contributed by atoms with van der Waals surface area (Å²) in [6.07, 6.45) is 0. The summed E-state index contributed by atoms with van der Waals surface area (Å²) >= 11 is 6.05. The van der Waals surface area contributed by atoms with Gasteiger partial charge in [-0.05, 0) is 23.3 Å². The van der Waals surface area contributed by atoms with Crippen LogP contribution in [0.25, 0.3) is 0 Å². The zero-order chi connectivity index (χ0) is 13.7. The Hall–Kier alpha value is -1.55. The predicted octanol–water partition coefficient (Wildman–Crippen LogP) is 3.75. The first-order valence-corrected chi connectivity index (χ1v) is 6.31. The predicted molar refractivity (Wildman–Crippen MR) is 82.6 cm³/mol. The Kier molecular flexibility index (Phi) is 6.52. The number of benzene rings is 2. The number of hydrogen-bond donors (Lipinski definition) is 2. The maximum atomic E-state index is 11.1. The molecular weight excluding hydrogens is 297 g/mol. The Morgan fingerprint density at radius 2 is 1.55 bits per heavy atom. The van der Waals surface area contributed by atoms with E-state index in [0.29, 0.717) is 23.7 Å². The van der Waals surface area contributed by atoms with Crippen LogP contribution < -0.4 is 5.32 Å². The van der Waals surface area contributed by atoms with E-state index >= 15 is 0 Å². The van der Waals surface area contributed by atoms with Crippen molar-refractivity contribution in [1.82, 2.24) is 5.32 Å². The van der Waals surface area contributed by atoms with E-state index in [0.717, 1.165) is 11.1 Å². The highest BCUT2D eigenvalue weighted by Crippen LogP contribution is 2.15. The second-order valence-electron chi connectivity index (χ2n) is 4.16. The minimum absolute atomic E-state index is 0. The van der Waals surface area contributed by atoms with Crippen molar-refractivity contribution in [3.8, 4) is 0 Å². The Bertz CT molecular complexity index is 588. The lowest BCUT2D eigenvalue weighted by Gasteiger charge is -2.08. The van der Waals surface area contributed by atoms with Gasteiger partial charge in [-0.3, -0.25) is 0 Å². The summed E-state index contributed by atoms with van der Waals surface area (Å²) in [5.74, 6) is -0.907. The summed E-state index contributed by atoms with van der Waals surface area (Å²) in [6, 6.07) is 14.6. The van der Waals surface area contributed by atoms with E-state index < -0.39 is 5.97 Å². The maximum absolute atomic E-state index is 11.1. The zero-order valence-corrected chi connectivity index (χ0v) is 12.2. The van der Waals surface area contributed by atoms with Crippen LogP contribution in [0.1, 0.15) is 21.5 Å². The van der Waals surface area contributed by atoms with Gasteiger partial charge in [0, 0.05) is 18.1 Å². The van der Waals surface area contributed by atoms with Crippen LogP contribution >= 0.6 is 24.0 Å². The van der Waals surface area contributed by atoms with Crippen molar-refractivity contribution in [2.45, 2.75) is 13.1 Å². The fourth-order valence-corrected chi connectivity index (χ4v) is 2.06. The number of rotatable bonds is 5. The van der Waals surface area contributed by atoms with Crippen molar-refractivity contribution in [3.05, 3.63) is 70.2 Å². The van der Waals surface area contributed by atoms with Gasteiger partial charge in [0.15, 0.2) is 0 Å². The summed E-state index contributed by atoms with van der Waals surface area (Å²) in [4.78, 5) is 11.1. The average molecular weight is 312 g/mol. The average Bonchev–Trinajstić information content (AvgIpc) is 2.41. The molecule has 0 aromatic heterocycles. The molecule has 0 aliphatic rings. The van der Waals surface area contributed by atoms with E-state index in [2.05, 4.69) is 5.32 Å². The lowest BCUT2D eigenvalue weighted by Crippen LogP contribution is -2.15. The molecule has 5 heteroatoms. The van der Waals surface area contributed by atoms with Crippen LogP contribution in [0.2, 0.25) is 5.02 Å². The van der Waals surface area contributed by atoms with Gasteiger partial charge in [-0.1, -0.05) is 48.0 Å². The largest absolute Gasteiger partial charge is 0.478 e. The number of carboxylic acids is 1. The molecule has 0 spiro atoms. The summed E-state index contributed by atoms with van der Waals surface area (Å²) in [5, 5.41) is 13.0. The topological polar surface area (TPSA) is 49.3 Å².